The van der Waals surface area contributed by atoms with Gasteiger partial charge in [-0.05, 0) is 48.9 Å². The van der Waals surface area contributed by atoms with Gasteiger partial charge in [0.2, 0.25) is 11.8 Å². The lowest BCUT2D eigenvalue weighted by atomic mass is 10.1. The number of likely N-dealkylation sites (N-methyl/N-ethyl adjacent to an activating group) is 1. The van der Waals surface area contributed by atoms with Crippen molar-refractivity contribution in [1.82, 2.24) is 10.2 Å². The van der Waals surface area contributed by atoms with Crippen LogP contribution in [0.15, 0.2) is 53.4 Å². The summed E-state index contributed by atoms with van der Waals surface area (Å²) in [4.78, 5) is 27.5. The highest BCUT2D eigenvalue weighted by Gasteiger charge is 2.25. The van der Waals surface area contributed by atoms with E-state index in [0.717, 1.165) is 10.5 Å². The molecule has 0 aliphatic carbocycles. The van der Waals surface area contributed by atoms with Crippen LogP contribution >= 0.6 is 23.4 Å². The zero-order valence-electron chi connectivity index (χ0n) is 15.6. The Labute approximate surface area is 169 Å². The fraction of sp³-hybridized carbons (Fsp3) is 0.300. The van der Waals surface area contributed by atoms with Gasteiger partial charge in [-0.3, -0.25) is 9.59 Å². The molecule has 2 amide bonds. The number of nitrogens with one attached hydrogen (secondary N) is 1. The topological polar surface area (TPSA) is 58.6 Å². The predicted octanol–water partition coefficient (Wildman–Crippen LogP) is 3.60. The van der Waals surface area contributed by atoms with Gasteiger partial charge in [-0.15, -0.1) is 11.8 Å². The Bertz CT molecular complexity index is 783. The van der Waals surface area contributed by atoms with Crippen molar-refractivity contribution in [3.8, 4) is 5.75 Å². The number of hydrogen-bond donors (Lipinski definition) is 1. The molecule has 0 aromatic heterocycles. The normalized spacial score (nSPS) is 11.6. The summed E-state index contributed by atoms with van der Waals surface area (Å²) >= 11 is 7.31. The van der Waals surface area contributed by atoms with E-state index < -0.39 is 6.04 Å². The molecule has 0 aliphatic heterocycles. The van der Waals surface area contributed by atoms with Crippen molar-refractivity contribution < 1.29 is 14.3 Å². The summed E-state index contributed by atoms with van der Waals surface area (Å²) in [5.41, 5.74) is 0.898. The van der Waals surface area contributed by atoms with Gasteiger partial charge in [-0.25, -0.2) is 0 Å². The highest BCUT2D eigenvalue weighted by Crippen LogP contribution is 2.22. The van der Waals surface area contributed by atoms with Crippen molar-refractivity contribution in [1.29, 1.82) is 0 Å². The second kappa shape index (κ2) is 10.2. The summed E-state index contributed by atoms with van der Waals surface area (Å²) in [6.07, 6.45) is 0. The van der Waals surface area contributed by atoms with Crippen LogP contribution in [0.2, 0.25) is 5.02 Å². The number of carbonyl (C=O) groups excluding carboxylic acids is 2. The van der Waals surface area contributed by atoms with Crippen molar-refractivity contribution in [2.75, 3.05) is 19.9 Å². The number of methoxy groups -OCH3 is 1. The third-order valence-electron chi connectivity index (χ3n) is 4.08. The predicted molar refractivity (Wildman–Crippen MR) is 109 cm³/mol. The zero-order valence-corrected chi connectivity index (χ0v) is 17.1. The standard InChI is InChI=1S/C20H23ClN2O3S/c1-14(20(25)22-2)23(12-15-5-4-6-17(11-15)26-3)19(24)13-27-18-9-7-16(21)8-10-18/h4-11,14H,12-13H2,1-3H3,(H,22,25)/t14-/m1/s1. The summed E-state index contributed by atoms with van der Waals surface area (Å²) in [5, 5.41) is 3.26. The van der Waals surface area contributed by atoms with Gasteiger partial charge in [-0.2, -0.15) is 0 Å². The molecule has 0 radical (unpaired) electrons. The summed E-state index contributed by atoms with van der Waals surface area (Å²) in [6.45, 7) is 2.05. The average Bonchev–Trinajstić information content (AvgIpc) is 2.70. The molecular weight excluding hydrogens is 384 g/mol. The van der Waals surface area contributed by atoms with E-state index in [0.29, 0.717) is 17.3 Å². The zero-order chi connectivity index (χ0) is 19.8. The minimum absolute atomic E-state index is 0.117. The fourth-order valence-electron chi connectivity index (χ4n) is 2.52. The van der Waals surface area contributed by atoms with Crippen LogP contribution < -0.4 is 10.1 Å². The summed E-state index contributed by atoms with van der Waals surface area (Å²) in [7, 11) is 3.16. The Balaban J connectivity index is 2.13. The van der Waals surface area contributed by atoms with Crippen LogP contribution in [0.3, 0.4) is 0 Å². The lowest BCUT2D eigenvalue weighted by Crippen LogP contribution is -2.47. The second-order valence-electron chi connectivity index (χ2n) is 5.91. The van der Waals surface area contributed by atoms with Gasteiger partial charge in [0.25, 0.3) is 0 Å². The minimum atomic E-state index is -0.584. The first-order chi connectivity index (χ1) is 12.9. The maximum absolute atomic E-state index is 12.9. The van der Waals surface area contributed by atoms with Gasteiger partial charge in [0, 0.05) is 23.5 Å². The number of thioether (sulfide) groups is 1. The van der Waals surface area contributed by atoms with E-state index in [1.807, 2.05) is 36.4 Å². The molecule has 2 rings (SSSR count). The van der Waals surface area contributed by atoms with Crippen LogP contribution in [0.4, 0.5) is 0 Å². The molecule has 0 unspecified atom stereocenters. The van der Waals surface area contributed by atoms with Crippen LogP contribution in [0.25, 0.3) is 0 Å². The Morgan fingerprint density at radius 2 is 1.93 bits per heavy atom. The van der Waals surface area contributed by atoms with Gasteiger partial charge < -0.3 is 15.0 Å². The lowest BCUT2D eigenvalue weighted by molar-refractivity contribution is -0.138. The van der Waals surface area contributed by atoms with Gasteiger partial charge in [0.15, 0.2) is 0 Å². The fourth-order valence-corrected chi connectivity index (χ4v) is 3.43. The molecule has 7 heteroatoms. The number of benzene rings is 2. The number of halogens is 1. The van der Waals surface area contributed by atoms with Crippen molar-refractivity contribution in [3.63, 3.8) is 0 Å². The van der Waals surface area contributed by atoms with Crippen molar-refractivity contribution in [3.05, 3.63) is 59.1 Å². The third-order valence-corrected chi connectivity index (χ3v) is 5.33. The van der Waals surface area contributed by atoms with Crippen molar-refractivity contribution in [2.24, 2.45) is 0 Å². The highest BCUT2D eigenvalue weighted by molar-refractivity contribution is 8.00. The molecule has 0 heterocycles. The number of hydrogen-bond acceptors (Lipinski definition) is 4. The minimum Gasteiger partial charge on any atom is -0.497 e. The van der Waals surface area contributed by atoms with Gasteiger partial charge in [-0.1, -0.05) is 23.7 Å². The van der Waals surface area contributed by atoms with E-state index >= 15 is 0 Å². The summed E-state index contributed by atoms with van der Waals surface area (Å²) in [6, 6.07) is 14.2. The van der Waals surface area contributed by atoms with Crippen LogP contribution in [0.1, 0.15) is 12.5 Å². The highest BCUT2D eigenvalue weighted by atomic mass is 35.5. The van der Waals surface area contributed by atoms with E-state index in [4.69, 9.17) is 16.3 Å². The maximum Gasteiger partial charge on any atom is 0.242 e. The molecule has 5 nitrogen and oxygen atoms in total. The second-order valence-corrected chi connectivity index (χ2v) is 7.39. The van der Waals surface area contributed by atoms with E-state index in [9.17, 15) is 9.59 Å². The number of nitrogens with zero attached hydrogens (tertiary/aromatic N) is 1. The molecule has 0 bridgehead atoms. The molecule has 2 aromatic rings. The van der Waals surface area contributed by atoms with Crippen molar-refractivity contribution in [2.45, 2.75) is 24.4 Å². The SMILES string of the molecule is CNC(=O)[C@@H](C)N(Cc1cccc(OC)c1)C(=O)CSc1ccc(Cl)cc1. The first-order valence-corrected chi connectivity index (χ1v) is 9.83. The molecule has 0 fully saturated rings. The molecule has 1 N–H and O–H groups in total. The Hall–Kier alpha value is -2.18. The first-order valence-electron chi connectivity index (χ1n) is 8.47. The lowest BCUT2D eigenvalue weighted by Gasteiger charge is -2.28. The number of rotatable bonds is 8. The van der Waals surface area contributed by atoms with Crippen molar-refractivity contribution >= 4 is 35.2 Å². The quantitative estimate of drug-likeness (QED) is 0.680. The summed E-state index contributed by atoms with van der Waals surface area (Å²) in [5.74, 6) is 0.618. The van der Waals surface area contributed by atoms with Crippen LogP contribution in [-0.4, -0.2) is 42.7 Å². The monoisotopic (exact) mass is 406 g/mol. The third kappa shape index (κ3) is 6.19. The van der Waals surface area contributed by atoms with Gasteiger partial charge in [0.05, 0.1) is 12.9 Å². The molecule has 0 spiro atoms. The molecule has 0 saturated heterocycles. The maximum atomic E-state index is 12.9. The Morgan fingerprint density at radius 1 is 1.22 bits per heavy atom. The smallest absolute Gasteiger partial charge is 0.242 e. The van der Waals surface area contributed by atoms with E-state index in [1.54, 1.807) is 38.1 Å². The molecule has 1 atom stereocenters. The molecule has 144 valence electrons. The van der Waals surface area contributed by atoms with Crippen LogP contribution in [-0.2, 0) is 16.1 Å². The van der Waals surface area contributed by atoms with Gasteiger partial charge >= 0.3 is 0 Å². The molecular formula is C20H23ClN2O3S. The number of carbonyl (C=O) groups is 2. The van der Waals surface area contributed by atoms with E-state index in [1.165, 1.54) is 11.8 Å². The summed E-state index contributed by atoms with van der Waals surface area (Å²) < 4.78 is 5.24. The first kappa shape index (κ1) is 21.1. The number of amides is 2. The largest absolute Gasteiger partial charge is 0.497 e. The van der Waals surface area contributed by atoms with Crippen LogP contribution in [0.5, 0.6) is 5.75 Å². The van der Waals surface area contributed by atoms with Gasteiger partial charge in [0.1, 0.15) is 11.8 Å². The molecule has 27 heavy (non-hydrogen) atoms. The molecule has 2 aromatic carbocycles. The number of ether oxygens (including phenoxy) is 1. The molecule has 0 saturated carbocycles. The van der Waals surface area contributed by atoms with Crippen LogP contribution in [0, 0.1) is 0 Å². The van der Waals surface area contributed by atoms with E-state index in [-0.39, 0.29) is 17.6 Å². The average molecular weight is 407 g/mol. The Morgan fingerprint density at radius 3 is 2.56 bits per heavy atom. The Kier molecular flexibility index (Phi) is 8.00. The molecule has 0 aliphatic rings. The van der Waals surface area contributed by atoms with E-state index in [2.05, 4.69) is 5.32 Å².